The largest absolute Gasteiger partial charge is 0.378 e. The van der Waals surface area contributed by atoms with E-state index in [0.29, 0.717) is 31.3 Å². The predicted octanol–water partition coefficient (Wildman–Crippen LogP) is 1.03. The van der Waals surface area contributed by atoms with E-state index in [-0.39, 0.29) is 12.5 Å². The fraction of sp³-hybridized carbons (Fsp3) is 0.368. The fourth-order valence-corrected chi connectivity index (χ4v) is 3.34. The lowest BCUT2D eigenvalue weighted by Crippen LogP contribution is -2.50. The lowest BCUT2D eigenvalue weighted by atomic mass is 10.2. The molecule has 4 rings (SSSR count). The van der Waals surface area contributed by atoms with Crippen molar-refractivity contribution < 1.29 is 9.53 Å². The zero-order valence-electron chi connectivity index (χ0n) is 15.8. The predicted molar refractivity (Wildman–Crippen MR) is 105 cm³/mol. The third-order valence-electron chi connectivity index (χ3n) is 4.77. The summed E-state index contributed by atoms with van der Waals surface area (Å²) in [6, 6.07) is 12.1. The maximum Gasteiger partial charge on any atom is 0.254 e. The van der Waals surface area contributed by atoms with Crippen LogP contribution in [0.4, 0.5) is 11.5 Å². The molecular formula is C19H23N7O2. The number of hydrogen-bond acceptors (Lipinski definition) is 7. The van der Waals surface area contributed by atoms with Gasteiger partial charge in [-0.05, 0) is 12.1 Å². The molecule has 1 saturated heterocycles. The number of nitrogens with zero attached hydrogens (tertiary/aromatic N) is 6. The highest BCUT2D eigenvalue weighted by Crippen LogP contribution is 2.16. The molecule has 28 heavy (non-hydrogen) atoms. The monoisotopic (exact) mass is 381 g/mol. The normalized spacial score (nSPS) is 14.5. The van der Waals surface area contributed by atoms with E-state index in [4.69, 9.17) is 4.74 Å². The number of benzene rings is 1. The van der Waals surface area contributed by atoms with Crippen molar-refractivity contribution in [1.29, 1.82) is 0 Å². The van der Waals surface area contributed by atoms with Crippen LogP contribution in [0.1, 0.15) is 5.69 Å². The molecule has 1 fully saturated rings. The van der Waals surface area contributed by atoms with E-state index in [1.54, 1.807) is 11.6 Å². The van der Waals surface area contributed by atoms with Gasteiger partial charge < -0.3 is 19.9 Å². The molecule has 0 atom stereocenters. The van der Waals surface area contributed by atoms with Crippen LogP contribution >= 0.6 is 0 Å². The zero-order valence-corrected chi connectivity index (χ0v) is 15.8. The van der Waals surface area contributed by atoms with Gasteiger partial charge in [-0.15, -0.1) is 0 Å². The Balaban J connectivity index is 1.36. The average molecular weight is 381 g/mol. The number of rotatable bonds is 6. The highest BCUT2D eigenvalue weighted by Gasteiger charge is 2.21. The van der Waals surface area contributed by atoms with Gasteiger partial charge in [-0.2, -0.15) is 14.6 Å². The standard InChI is InChI=1S/C19H23N7O2/c1-28-13-15-11-17(26-19(23-15)21-14-22-26)20-12-18(27)25-9-7-24(8-10-25)16-5-3-2-4-6-16/h2-6,11,14,20H,7-10,12-13H2,1H3. The fourth-order valence-electron chi connectivity index (χ4n) is 3.34. The minimum Gasteiger partial charge on any atom is -0.378 e. The Bertz CT molecular complexity index is 936. The molecule has 0 aliphatic carbocycles. The Morgan fingerprint density at radius 2 is 1.96 bits per heavy atom. The van der Waals surface area contributed by atoms with Crippen LogP contribution in [-0.2, 0) is 16.1 Å². The maximum atomic E-state index is 12.7. The molecule has 1 aliphatic rings. The lowest BCUT2D eigenvalue weighted by Gasteiger charge is -2.36. The Morgan fingerprint density at radius 3 is 2.71 bits per heavy atom. The van der Waals surface area contributed by atoms with Gasteiger partial charge in [0.15, 0.2) is 0 Å². The van der Waals surface area contributed by atoms with E-state index in [1.165, 1.54) is 12.0 Å². The summed E-state index contributed by atoms with van der Waals surface area (Å²) >= 11 is 0. The number of anilines is 2. The number of para-hydroxylation sites is 1. The van der Waals surface area contributed by atoms with E-state index in [9.17, 15) is 4.79 Å². The Morgan fingerprint density at radius 1 is 1.18 bits per heavy atom. The number of methoxy groups -OCH3 is 1. The molecule has 1 aliphatic heterocycles. The van der Waals surface area contributed by atoms with E-state index in [2.05, 4.69) is 37.4 Å². The number of carbonyl (C=O) groups excluding carboxylic acids is 1. The second-order valence-corrected chi connectivity index (χ2v) is 6.59. The summed E-state index contributed by atoms with van der Waals surface area (Å²) in [7, 11) is 1.61. The molecule has 1 aromatic carbocycles. The zero-order chi connectivity index (χ0) is 19.3. The van der Waals surface area contributed by atoms with Crippen molar-refractivity contribution in [2.24, 2.45) is 0 Å². The van der Waals surface area contributed by atoms with Crippen molar-refractivity contribution in [3.63, 3.8) is 0 Å². The van der Waals surface area contributed by atoms with Crippen LogP contribution in [0.5, 0.6) is 0 Å². The minimum atomic E-state index is 0.0612. The van der Waals surface area contributed by atoms with E-state index < -0.39 is 0 Å². The van der Waals surface area contributed by atoms with Gasteiger partial charge in [0.1, 0.15) is 12.1 Å². The van der Waals surface area contributed by atoms with E-state index in [1.807, 2.05) is 29.2 Å². The Kier molecular flexibility index (Phi) is 5.34. The van der Waals surface area contributed by atoms with Crippen molar-refractivity contribution in [2.45, 2.75) is 6.61 Å². The number of hydrogen-bond donors (Lipinski definition) is 1. The third kappa shape index (κ3) is 3.89. The summed E-state index contributed by atoms with van der Waals surface area (Å²) in [6.45, 7) is 3.63. The first kappa shape index (κ1) is 18.2. The number of carbonyl (C=O) groups is 1. The van der Waals surface area contributed by atoms with Crippen LogP contribution in [0.2, 0.25) is 0 Å². The molecule has 0 bridgehead atoms. The summed E-state index contributed by atoms with van der Waals surface area (Å²) in [5.41, 5.74) is 1.93. The van der Waals surface area contributed by atoms with Gasteiger partial charge in [0.2, 0.25) is 5.91 Å². The van der Waals surface area contributed by atoms with Gasteiger partial charge in [-0.3, -0.25) is 4.79 Å². The third-order valence-corrected chi connectivity index (χ3v) is 4.77. The molecule has 3 aromatic rings. The van der Waals surface area contributed by atoms with Crippen LogP contribution in [0.3, 0.4) is 0 Å². The summed E-state index contributed by atoms with van der Waals surface area (Å²) in [5, 5.41) is 7.33. The van der Waals surface area contributed by atoms with Crippen molar-refractivity contribution in [1.82, 2.24) is 24.5 Å². The Hall–Kier alpha value is -3.20. The highest BCUT2D eigenvalue weighted by atomic mass is 16.5. The topological polar surface area (TPSA) is 87.9 Å². The number of aromatic nitrogens is 4. The van der Waals surface area contributed by atoms with Gasteiger partial charge in [0.05, 0.1) is 18.8 Å². The van der Waals surface area contributed by atoms with Crippen molar-refractivity contribution in [2.75, 3.05) is 50.1 Å². The second-order valence-electron chi connectivity index (χ2n) is 6.59. The SMILES string of the molecule is COCc1cc(NCC(=O)N2CCN(c3ccccc3)CC2)n2ncnc2n1. The van der Waals surface area contributed by atoms with Gasteiger partial charge in [-0.1, -0.05) is 18.2 Å². The molecule has 146 valence electrons. The molecule has 2 aromatic heterocycles. The quantitative estimate of drug-likeness (QED) is 0.682. The van der Waals surface area contributed by atoms with E-state index >= 15 is 0 Å². The summed E-state index contributed by atoms with van der Waals surface area (Å²) in [4.78, 5) is 25.3. The van der Waals surface area contributed by atoms with Gasteiger partial charge in [0.25, 0.3) is 5.78 Å². The molecule has 0 radical (unpaired) electrons. The minimum absolute atomic E-state index is 0.0612. The number of fused-ring (bicyclic) bond motifs is 1. The summed E-state index contributed by atoms with van der Waals surface area (Å²) < 4.78 is 6.73. The molecule has 1 N–H and O–H groups in total. The number of piperazine rings is 1. The number of ether oxygens (including phenoxy) is 1. The van der Waals surface area contributed by atoms with Gasteiger partial charge in [0, 0.05) is 45.0 Å². The number of nitrogens with one attached hydrogen (secondary N) is 1. The molecule has 1 amide bonds. The van der Waals surface area contributed by atoms with Crippen molar-refractivity contribution in [3.05, 3.63) is 48.4 Å². The molecule has 0 unspecified atom stereocenters. The van der Waals surface area contributed by atoms with Crippen LogP contribution < -0.4 is 10.2 Å². The molecule has 0 spiro atoms. The smallest absolute Gasteiger partial charge is 0.254 e. The first-order chi connectivity index (χ1) is 13.7. The van der Waals surface area contributed by atoms with Gasteiger partial charge >= 0.3 is 0 Å². The summed E-state index contributed by atoms with van der Waals surface area (Å²) in [5.74, 6) is 1.21. The molecule has 9 heteroatoms. The summed E-state index contributed by atoms with van der Waals surface area (Å²) in [6.07, 6.45) is 1.44. The van der Waals surface area contributed by atoms with E-state index in [0.717, 1.165) is 18.8 Å². The second kappa shape index (κ2) is 8.22. The van der Waals surface area contributed by atoms with Crippen molar-refractivity contribution >= 4 is 23.2 Å². The first-order valence-electron chi connectivity index (χ1n) is 9.25. The first-order valence-corrected chi connectivity index (χ1v) is 9.25. The Labute approximate surface area is 162 Å². The van der Waals surface area contributed by atoms with Crippen LogP contribution in [-0.4, -0.2) is 70.2 Å². The highest BCUT2D eigenvalue weighted by molar-refractivity contribution is 5.81. The van der Waals surface area contributed by atoms with Crippen LogP contribution in [0.15, 0.2) is 42.7 Å². The molecule has 9 nitrogen and oxygen atoms in total. The average Bonchev–Trinajstić information content (AvgIpc) is 3.21. The van der Waals surface area contributed by atoms with Gasteiger partial charge in [-0.25, -0.2) is 4.98 Å². The maximum absolute atomic E-state index is 12.7. The van der Waals surface area contributed by atoms with Crippen LogP contribution in [0, 0.1) is 0 Å². The molecular weight excluding hydrogens is 358 g/mol. The molecule has 0 saturated carbocycles. The van der Waals surface area contributed by atoms with Crippen molar-refractivity contribution in [3.8, 4) is 0 Å². The lowest BCUT2D eigenvalue weighted by molar-refractivity contribution is -0.129. The van der Waals surface area contributed by atoms with Crippen LogP contribution in [0.25, 0.3) is 5.78 Å². The molecule has 3 heterocycles. The number of amides is 1.